The highest BCUT2D eigenvalue weighted by molar-refractivity contribution is 7.98. The number of thioether (sulfide) groups is 1. The summed E-state index contributed by atoms with van der Waals surface area (Å²) in [5.74, 6) is 1.62. The number of ether oxygens (including phenoxy) is 2. The van der Waals surface area contributed by atoms with Crippen LogP contribution in [0.25, 0.3) is 11.0 Å². The Kier molecular flexibility index (Phi) is 5.40. The van der Waals surface area contributed by atoms with Gasteiger partial charge in [-0.25, -0.2) is 4.98 Å². The molecule has 0 aliphatic carbocycles. The third-order valence-corrected chi connectivity index (χ3v) is 5.44. The fourth-order valence-electron chi connectivity index (χ4n) is 3.04. The third-order valence-electron chi connectivity index (χ3n) is 4.56. The van der Waals surface area contributed by atoms with Crippen LogP contribution in [0.15, 0.2) is 34.5 Å². The second-order valence-corrected chi connectivity index (χ2v) is 7.38. The van der Waals surface area contributed by atoms with Gasteiger partial charge in [-0.2, -0.15) is 0 Å². The fraction of sp³-hybridized carbons (Fsp3) is 0.350. The normalized spacial score (nSPS) is 12.7. The number of nitrogens with one attached hydrogen (secondary N) is 1. The third kappa shape index (κ3) is 3.99. The molecule has 0 fully saturated rings. The zero-order valence-corrected chi connectivity index (χ0v) is 16.3. The summed E-state index contributed by atoms with van der Waals surface area (Å²) in [4.78, 5) is 17.0. The highest BCUT2D eigenvalue weighted by Gasteiger charge is 2.13. The Bertz CT molecular complexity index is 984. The molecular weight excluding hydrogens is 360 g/mol. The Balaban J connectivity index is 1.44. The Labute approximate surface area is 162 Å². The number of benzene rings is 1. The topological polar surface area (TPSA) is 72.4 Å². The van der Waals surface area contributed by atoms with Crippen LogP contribution in [0.3, 0.4) is 0 Å². The molecule has 1 aliphatic heterocycles. The second kappa shape index (κ2) is 8.10. The van der Waals surface area contributed by atoms with E-state index in [-0.39, 0.29) is 0 Å². The molecule has 0 amide bonds. The van der Waals surface area contributed by atoms with Crippen molar-refractivity contribution in [3.63, 3.8) is 0 Å². The number of rotatable bonds is 8. The number of H-pyrrole nitrogens is 1. The Hall–Kier alpha value is -2.38. The highest BCUT2D eigenvalue weighted by atomic mass is 32.2. The van der Waals surface area contributed by atoms with E-state index in [1.165, 1.54) is 5.56 Å². The predicted octanol–water partition coefficient (Wildman–Crippen LogP) is 4.23. The van der Waals surface area contributed by atoms with Crippen LogP contribution < -0.4 is 4.74 Å². The van der Waals surface area contributed by atoms with Gasteiger partial charge < -0.3 is 14.5 Å². The molecule has 1 N–H and O–H groups in total. The van der Waals surface area contributed by atoms with Gasteiger partial charge in [0.25, 0.3) is 0 Å². The zero-order valence-electron chi connectivity index (χ0n) is 15.5. The number of hydrogen-bond donors (Lipinski definition) is 1. The number of nitrogens with zero attached hydrogens (tertiary/aromatic N) is 3. The van der Waals surface area contributed by atoms with Crippen LogP contribution in [0.1, 0.15) is 23.2 Å². The van der Waals surface area contributed by atoms with Crippen molar-refractivity contribution in [1.29, 1.82) is 0 Å². The quantitative estimate of drug-likeness (QED) is 0.466. The number of aromatic nitrogens is 3. The summed E-state index contributed by atoms with van der Waals surface area (Å²) in [6, 6.07) is 6.11. The van der Waals surface area contributed by atoms with Crippen molar-refractivity contribution in [2.45, 2.75) is 30.7 Å². The minimum absolute atomic E-state index is 0.641. The molecule has 0 radical (unpaired) electrons. The van der Waals surface area contributed by atoms with Gasteiger partial charge >= 0.3 is 0 Å². The molecule has 0 atom stereocenters. The summed E-state index contributed by atoms with van der Waals surface area (Å²) < 4.78 is 10.9. The smallest absolute Gasteiger partial charge is 0.166 e. The molecule has 27 heavy (non-hydrogen) atoms. The molecule has 6 nitrogen and oxygen atoms in total. The van der Waals surface area contributed by atoms with Crippen LogP contribution >= 0.6 is 11.8 Å². The molecular formula is C20H22N4O2S. The lowest BCUT2D eigenvalue weighted by Crippen LogP contribution is -2.04. The molecule has 1 aromatic carbocycles. The monoisotopic (exact) mass is 382 g/mol. The lowest BCUT2D eigenvalue weighted by atomic mass is 10.1. The van der Waals surface area contributed by atoms with E-state index in [1.54, 1.807) is 25.1 Å². The number of methoxy groups -OCH3 is 1. The highest BCUT2D eigenvalue weighted by Crippen LogP contribution is 2.31. The summed E-state index contributed by atoms with van der Waals surface area (Å²) in [5, 5.41) is 0.894. The summed E-state index contributed by atoms with van der Waals surface area (Å²) in [6.07, 6.45) is 5.50. The molecule has 4 rings (SSSR count). The molecule has 0 spiro atoms. The minimum atomic E-state index is 0.641. The van der Waals surface area contributed by atoms with Crippen molar-refractivity contribution in [2.75, 3.05) is 20.3 Å². The van der Waals surface area contributed by atoms with Gasteiger partial charge in [-0.15, -0.1) is 0 Å². The molecule has 3 aromatic rings. The number of fused-ring (bicyclic) bond motifs is 2. The van der Waals surface area contributed by atoms with Crippen LogP contribution in [-0.4, -0.2) is 41.5 Å². The van der Waals surface area contributed by atoms with E-state index in [2.05, 4.69) is 34.0 Å². The first-order valence-electron chi connectivity index (χ1n) is 8.99. The molecule has 0 unspecified atom stereocenters. The van der Waals surface area contributed by atoms with E-state index < -0.39 is 0 Å². The van der Waals surface area contributed by atoms with E-state index in [9.17, 15) is 0 Å². The van der Waals surface area contributed by atoms with Crippen LogP contribution in [0.5, 0.6) is 5.75 Å². The van der Waals surface area contributed by atoms with Crippen molar-refractivity contribution in [3.05, 3.63) is 41.2 Å². The van der Waals surface area contributed by atoms with E-state index in [4.69, 9.17) is 14.5 Å². The van der Waals surface area contributed by atoms with Gasteiger partial charge in [-0.3, -0.25) is 9.98 Å². The van der Waals surface area contributed by atoms with E-state index in [1.807, 2.05) is 12.3 Å². The largest absolute Gasteiger partial charge is 0.493 e. The number of hydrogen-bond acceptors (Lipinski definition) is 6. The van der Waals surface area contributed by atoms with Crippen molar-refractivity contribution in [3.8, 4) is 5.75 Å². The maximum atomic E-state index is 5.86. The Morgan fingerprint density at radius 1 is 1.26 bits per heavy atom. The van der Waals surface area contributed by atoms with E-state index in [0.717, 1.165) is 57.5 Å². The lowest BCUT2D eigenvalue weighted by molar-refractivity contribution is 0.172. The summed E-state index contributed by atoms with van der Waals surface area (Å²) >= 11 is 1.65. The van der Waals surface area contributed by atoms with Gasteiger partial charge in [0.15, 0.2) is 5.16 Å². The van der Waals surface area contributed by atoms with Crippen LogP contribution in [0, 0.1) is 6.92 Å². The SMILES string of the molecule is COCCCOc1ccnc(CSc2nc3cc4c(cc3[nH]2)N=CC4)c1C. The van der Waals surface area contributed by atoms with Gasteiger partial charge in [0.1, 0.15) is 5.75 Å². The second-order valence-electron chi connectivity index (χ2n) is 6.42. The van der Waals surface area contributed by atoms with Crippen molar-refractivity contribution < 1.29 is 9.47 Å². The first kappa shape index (κ1) is 18.0. The van der Waals surface area contributed by atoms with Gasteiger partial charge in [0.05, 0.1) is 29.0 Å². The molecule has 3 heterocycles. The molecule has 1 aliphatic rings. The van der Waals surface area contributed by atoms with Gasteiger partial charge in [-0.1, -0.05) is 11.8 Å². The van der Waals surface area contributed by atoms with Crippen molar-refractivity contribution in [1.82, 2.24) is 15.0 Å². The van der Waals surface area contributed by atoms with Crippen LogP contribution in [0.2, 0.25) is 0 Å². The molecule has 0 saturated carbocycles. The first-order valence-corrected chi connectivity index (χ1v) is 9.97. The standard InChI is InChI=1S/C20H22N4O2S/c1-13-18(22-7-5-19(13)26-9-3-8-25-2)12-27-20-23-16-10-14-4-6-21-15(14)11-17(16)24-20/h5-7,10-11H,3-4,8-9,12H2,1-2H3,(H,23,24). The fourth-order valence-corrected chi connectivity index (χ4v) is 3.95. The molecule has 140 valence electrons. The Morgan fingerprint density at radius 3 is 3.07 bits per heavy atom. The van der Waals surface area contributed by atoms with Gasteiger partial charge in [-0.05, 0) is 30.7 Å². The average molecular weight is 382 g/mol. The maximum Gasteiger partial charge on any atom is 0.166 e. The number of pyridine rings is 1. The van der Waals surface area contributed by atoms with Crippen LogP contribution in [0.4, 0.5) is 5.69 Å². The van der Waals surface area contributed by atoms with E-state index >= 15 is 0 Å². The minimum Gasteiger partial charge on any atom is -0.493 e. The first-order chi connectivity index (χ1) is 13.2. The summed E-state index contributed by atoms with van der Waals surface area (Å²) in [5.41, 5.74) is 6.38. The number of aromatic amines is 1. The molecule has 0 bridgehead atoms. The van der Waals surface area contributed by atoms with Gasteiger partial charge in [0, 0.05) is 50.3 Å². The summed E-state index contributed by atoms with van der Waals surface area (Å²) in [7, 11) is 1.70. The van der Waals surface area contributed by atoms with E-state index in [0.29, 0.717) is 13.2 Å². The summed E-state index contributed by atoms with van der Waals surface area (Å²) in [6.45, 7) is 3.39. The zero-order chi connectivity index (χ0) is 18.6. The number of imidazole rings is 1. The molecule has 0 saturated heterocycles. The predicted molar refractivity (Wildman–Crippen MR) is 108 cm³/mol. The average Bonchev–Trinajstić information content (AvgIpc) is 3.28. The molecule has 7 heteroatoms. The van der Waals surface area contributed by atoms with Crippen molar-refractivity contribution >= 4 is 34.7 Å². The Morgan fingerprint density at radius 2 is 2.19 bits per heavy atom. The van der Waals surface area contributed by atoms with Crippen molar-refractivity contribution in [2.24, 2.45) is 4.99 Å². The number of aliphatic imine (C=N–C) groups is 1. The maximum absolute atomic E-state index is 5.86. The molecule has 2 aromatic heterocycles. The lowest BCUT2D eigenvalue weighted by Gasteiger charge is -2.11. The van der Waals surface area contributed by atoms with Crippen LogP contribution in [-0.2, 0) is 16.9 Å². The van der Waals surface area contributed by atoms with Gasteiger partial charge in [0.2, 0.25) is 0 Å².